The molecule has 2 atom stereocenters. The molecule has 0 unspecified atom stereocenters. The molecule has 2 nitrogen and oxygen atoms in total. The van der Waals surface area contributed by atoms with Crippen molar-refractivity contribution < 1.29 is 9.18 Å². The largest absolute Gasteiger partial charge is 0.298 e. The van der Waals surface area contributed by atoms with Gasteiger partial charge in [0.05, 0.1) is 6.54 Å². The van der Waals surface area contributed by atoms with E-state index in [0.29, 0.717) is 25.9 Å². The van der Waals surface area contributed by atoms with Crippen LogP contribution in [0.25, 0.3) is 0 Å². The normalized spacial score (nSPS) is 40.7. The number of halogens is 1. The summed E-state index contributed by atoms with van der Waals surface area (Å²) in [4.78, 5) is 12.8. The molecule has 10 heavy (non-hydrogen) atoms. The van der Waals surface area contributed by atoms with Gasteiger partial charge >= 0.3 is 0 Å². The van der Waals surface area contributed by atoms with Gasteiger partial charge in [-0.3, -0.25) is 9.69 Å². The topological polar surface area (TPSA) is 20.3 Å². The quantitative estimate of drug-likeness (QED) is 0.488. The van der Waals surface area contributed by atoms with E-state index in [0.717, 1.165) is 0 Å². The summed E-state index contributed by atoms with van der Waals surface area (Å²) >= 11 is 0. The Morgan fingerprint density at radius 3 is 3.10 bits per heavy atom. The van der Waals surface area contributed by atoms with E-state index in [4.69, 9.17) is 0 Å². The molecule has 0 aromatic heterocycles. The molecular formula is C7H10FNO. The number of hydrogen-bond acceptors (Lipinski definition) is 2. The van der Waals surface area contributed by atoms with Crippen molar-refractivity contribution >= 4 is 5.78 Å². The van der Waals surface area contributed by atoms with Crippen LogP contribution in [-0.2, 0) is 4.79 Å². The second kappa shape index (κ2) is 2.02. The third-order valence-corrected chi connectivity index (χ3v) is 2.32. The fourth-order valence-electron chi connectivity index (χ4n) is 1.88. The molecular weight excluding hydrogens is 133 g/mol. The van der Waals surface area contributed by atoms with Crippen LogP contribution in [0.4, 0.5) is 4.39 Å². The van der Waals surface area contributed by atoms with Gasteiger partial charge in [-0.05, 0) is 6.42 Å². The van der Waals surface area contributed by atoms with Crippen molar-refractivity contribution in [2.24, 2.45) is 0 Å². The summed E-state index contributed by atoms with van der Waals surface area (Å²) in [5.74, 6) is 0.275. The van der Waals surface area contributed by atoms with Crippen molar-refractivity contribution in [3.8, 4) is 0 Å². The lowest BCUT2D eigenvalue weighted by molar-refractivity contribution is -0.117. The van der Waals surface area contributed by atoms with Gasteiger partial charge in [0.25, 0.3) is 0 Å². The summed E-state index contributed by atoms with van der Waals surface area (Å²) in [5.41, 5.74) is 0. The first-order valence-corrected chi connectivity index (χ1v) is 3.65. The summed E-state index contributed by atoms with van der Waals surface area (Å²) in [6, 6.07) is 0.238. The number of rotatable bonds is 0. The lowest BCUT2D eigenvalue weighted by atomic mass is 10.1. The van der Waals surface area contributed by atoms with Crippen LogP contribution >= 0.6 is 0 Å². The molecule has 0 amide bonds. The maximum Gasteiger partial charge on any atom is 0.148 e. The van der Waals surface area contributed by atoms with Crippen LogP contribution in [0.3, 0.4) is 0 Å². The molecule has 0 saturated carbocycles. The standard InChI is InChI=1S/C7H10FNO/c8-5-1-6-2-7(10)4-9(6)3-5/h5-6H,1-4H2/t5-,6+/m1/s1. The molecule has 0 bridgehead atoms. The van der Waals surface area contributed by atoms with Crippen molar-refractivity contribution in [3.05, 3.63) is 0 Å². The molecule has 2 saturated heterocycles. The molecule has 56 valence electrons. The maximum absolute atomic E-state index is 12.6. The highest BCUT2D eigenvalue weighted by Crippen LogP contribution is 2.27. The first-order valence-electron chi connectivity index (χ1n) is 3.65. The first kappa shape index (κ1) is 6.28. The maximum atomic E-state index is 12.6. The van der Waals surface area contributed by atoms with Gasteiger partial charge in [-0.1, -0.05) is 0 Å². The Labute approximate surface area is 59.0 Å². The summed E-state index contributed by atoms with van der Waals surface area (Å²) in [7, 11) is 0. The second-order valence-corrected chi connectivity index (χ2v) is 3.16. The molecule has 3 heteroatoms. The van der Waals surface area contributed by atoms with Crippen LogP contribution in [0.1, 0.15) is 12.8 Å². The minimum Gasteiger partial charge on any atom is -0.298 e. The summed E-state index contributed by atoms with van der Waals surface area (Å²) in [6.45, 7) is 0.974. The minimum atomic E-state index is -0.682. The Hall–Kier alpha value is -0.440. The molecule has 0 aromatic rings. The molecule has 0 aliphatic carbocycles. The van der Waals surface area contributed by atoms with Crippen LogP contribution in [0.15, 0.2) is 0 Å². The average molecular weight is 143 g/mol. The van der Waals surface area contributed by atoms with Gasteiger partial charge in [-0.2, -0.15) is 0 Å². The lowest BCUT2D eigenvalue weighted by Crippen LogP contribution is -2.23. The Balaban J connectivity index is 2.06. The van der Waals surface area contributed by atoms with Gasteiger partial charge in [0.15, 0.2) is 0 Å². The van der Waals surface area contributed by atoms with Gasteiger partial charge in [-0.25, -0.2) is 4.39 Å². The van der Waals surface area contributed by atoms with E-state index in [1.54, 1.807) is 0 Å². The predicted octanol–water partition coefficient (Wildman–Crippen LogP) is 0.372. The molecule has 2 rings (SSSR count). The minimum absolute atomic E-state index is 0.238. The summed E-state index contributed by atoms with van der Waals surface area (Å²) in [5, 5.41) is 0. The van der Waals surface area contributed by atoms with Crippen LogP contribution in [0, 0.1) is 0 Å². The van der Waals surface area contributed by atoms with Crippen LogP contribution in [0.5, 0.6) is 0 Å². The fourth-order valence-corrected chi connectivity index (χ4v) is 1.88. The van der Waals surface area contributed by atoms with E-state index >= 15 is 0 Å². The number of ketones is 1. The smallest absolute Gasteiger partial charge is 0.148 e. The van der Waals surface area contributed by atoms with Crippen molar-refractivity contribution in [3.63, 3.8) is 0 Å². The highest BCUT2D eigenvalue weighted by atomic mass is 19.1. The Bertz CT molecular complexity index is 155. The van der Waals surface area contributed by atoms with E-state index in [1.807, 2.05) is 4.90 Å². The average Bonchev–Trinajstić information content (AvgIpc) is 2.21. The summed E-state index contributed by atoms with van der Waals surface area (Å²) < 4.78 is 12.6. The molecule has 0 aromatic carbocycles. The molecule has 2 aliphatic rings. The highest BCUT2D eigenvalue weighted by Gasteiger charge is 2.38. The number of hydrogen-bond donors (Lipinski definition) is 0. The third kappa shape index (κ3) is 0.850. The third-order valence-electron chi connectivity index (χ3n) is 2.32. The van der Waals surface area contributed by atoms with E-state index in [2.05, 4.69) is 0 Å². The highest BCUT2D eigenvalue weighted by molar-refractivity contribution is 5.83. The zero-order chi connectivity index (χ0) is 7.14. The van der Waals surface area contributed by atoms with Crippen LogP contribution in [-0.4, -0.2) is 36.0 Å². The van der Waals surface area contributed by atoms with Crippen LogP contribution in [0.2, 0.25) is 0 Å². The van der Waals surface area contributed by atoms with E-state index in [9.17, 15) is 9.18 Å². The molecule has 2 aliphatic heterocycles. The number of fused-ring (bicyclic) bond motifs is 1. The van der Waals surface area contributed by atoms with Gasteiger partial charge in [-0.15, -0.1) is 0 Å². The number of nitrogens with zero attached hydrogens (tertiary/aromatic N) is 1. The van der Waals surface area contributed by atoms with E-state index in [1.165, 1.54) is 0 Å². The van der Waals surface area contributed by atoms with Crippen molar-refractivity contribution in [2.45, 2.75) is 25.1 Å². The number of alkyl halides is 1. The van der Waals surface area contributed by atoms with E-state index < -0.39 is 6.17 Å². The molecule has 0 N–H and O–H groups in total. The van der Waals surface area contributed by atoms with Crippen molar-refractivity contribution in [1.29, 1.82) is 0 Å². The molecule has 2 fully saturated rings. The van der Waals surface area contributed by atoms with Crippen LogP contribution < -0.4 is 0 Å². The number of carbonyl (C=O) groups excluding carboxylic acids is 1. The van der Waals surface area contributed by atoms with Gasteiger partial charge in [0.1, 0.15) is 12.0 Å². The fraction of sp³-hybridized carbons (Fsp3) is 0.857. The monoisotopic (exact) mass is 143 g/mol. The Kier molecular flexibility index (Phi) is 1.27. The van der Waals surface area contributed by atoms with Gasteiger partial charge in [0.2, 0.25) is 0 Å². The zero-order valence-corrected chi connectivity index (χ0v) is 5.72. The molecule has 2 heterocycles. The summed E-state index contributed by atoms with van der Waals surface area (Å²) in [6.07, 6.45) is 0.477. The number of Topliss-reactive ketones (excluding diaryl/α,β-unsaturated/α-hetero) is 1. The molecule has 0 spiro atoms. The van der Waals surface area contributed by atoms with Crippen molar-refractivity contribution in [2.75, 3.05) is 13.1 Å². The second-order valence-electron chi connectivity index (χ2n) is 3.16. The number of carbonyl (C=O) groups is 1. The SMILES string of the molecule is O=C1C[C@@H]2C[C@@H](F)CN2C1. The van der Waals surface area contributed by atoms with Gasteiger partial charge in [0, 0.05) is 19.0 Å². The van der Waals surface area contributed by atoms with E-state index in [-0.39, 0.29) is 11.8 Å². The zero-order valence-electron chi connectivity index (χ0n) is 5.72. The van der Waals surface area contributed by atoms with Gasteiger partial charge < -0.3 is 0 Å². The van der Waals surface area contributed by atoms with Crippen molar-refractivity contribution in [1.82, 2.24) is 4.90 Å². The Morgan fingerprint density at radius 2 is 2.40 bits per heavy atom. The Morgan fingerprint density at radius 1 is 1.60 bits per heavy atom. The molecule has 0 radical (unpaired) electrons. The predicted molar refractivity (Wildman–Crippen MR) is 34.5 cm³/mol. The first-order chi connectivity index (χ1) is 4.75. The lowest BCUT2D eigenvalue weighted by Gasteiger charge is -2.10.